The number of phenols is 1. The van der Waals surface area contributed by atoms with Gasteiger partial charge in [0.1, 0.15) is 5.75 Å². The number of allylic oxidation sites excluding steroid dienone is 6. The van der Waals surface area contributed by atoms with Crippen molar-refractivity contribution in [3.05, 3.63) is 118 Å². The van der Waals surface area contributed by atoms with Crippen molar-refractivity contribution >= 4 is 29.8 Å². The normalized spacial score (nSPS) is 11.2. The predicted molar refractivity (Wildman–Crippen MR) is 201 cm³/mol. The lowest BCUT2D eigenvalue weighted by molar-refractivity contribution is -0.148. The SMILES string of the molecule is CC(C)=CCC/C(C)=C/CC(O)/C=C(\C)CCC=C(C)C.COC(C)=O.O=C(O)/C=C/c1ccccc1.O=C(O)C(=O)Cc1ccc(O)cc1. The highest BCUT2D eigenvalue weighted by Gasteiger charge is 2.11. The highest BCUT2D eigenvalue weighted by Crippen LogP contribution is 2.13. The van der Waals surface area contributed by atoms with E-state index in [-0.39, 0.29) is 24.2 Å². The zero-order valence-corrected chi connectivity index (χ0v) is 30.8. The van der Waals surface area contributed by atoms with Crippen LogP contribution in [-0.4, -0.2) is 57.3 Å². The van der Waals surface area contributed by atoms with Crippen LogP contribution in [0.15, 0.2) is 107 Å². The Labute approximate surface area is 298 Å². The Hall–Kier alpha value is -5.02. The lowest BCUT2D eigenvalue weighted by atomic mass is 10.0. The molecule has 0 bridgehead atoms. The van der Waals surface area contributed by atoms with Crippen LogP contribution in [0.4, 0.5) is 0 Å². The number of aliphatic hydroxyl groups excluding tert-OH is 1. The quantitative estimate of drug-likeness (QED) is 0.0658. The fourth-order valence-electron chi connectivity index (χ4n) is 3.69. The van der Waals surface area contributed by atoms with Gasteiger partial charge >= 0.3 is 17.9 Å². The minimum atomic E-state index is -1.44. The van der Waals surface area contributed by atoms with Gasteiger partial charge in [-0.15, -0.1) is 0 Å². The van der Waals surface area contributed by atoms with Crippen LogP contribution in [0.5, 0.6) is 5.75 Å². The fraction of sp³-hybridized carbons (Fsp3) is 0.366. The Balaban J connectivity index is 0. The lowest BCUT2D eigenvalue weighted by Crippen LogP contribution is -2.14. The maximum absolute atomic E-state index is 10.7. The first-order valence-corrected chi connectivity index (χ1v) is 16.3. The second-order valence-corrected chi connectivity index (χ2v) is 11.9. The largest absolute Gasteiger partial charge is 0.508 e. The van der Waals surface area contributed by atoms with E-state index < -0.39 is 17.7 Å². The maximum atomic E-state index is 10.7. The molecule has 4 N–H and O–H groups in total. The van der Waals surface area contributed by atoms with Crippen LogP contribution in [0.25, 0.3) is 6.08 Å². The van der Waals surface area contributed by atoms with E-state index in [0.717, 1.165) is 43.7 Å². The highest BCUT2D eigenvalue weighted by molar-refractivity contribution is 6.33. The number of rotatable bonds is 14. The van der Waals surface area contributed by atoms with Crippen LogP contribution in [0.2, 0.25) is 0 Å². The van der Waals surface area contributed by atoms with Gasteiger partial charge in [0.2, 0.25) is 5.78 Å². The van der Waals surface area contributed by atoms with Gasteiger partial charge in [-0.1, -0.05) is 89.1 Å². The third-order valence-electron chi connectivity index (χ3n) is 6.41. The van der Waals surface area contributed by atoms with Crippen LogP contribution < -0.4 is 0 Å². The number of hydrogen-bond donors (Lipinski definition) is 4. The van der Waals surface area contributed by atoms with Gasteiger partial charge in [0.05, 0.1) is 13.2 Å². The van der Waals surface area contributed by atoms with Gasteiger partial charge in [-0.2, -0.15) is 0 Å². The predicted octanol–water partition coefficient (Wildman–Crippen LogP) is 8.67. The number of methoxy groups -OCH3 is 1. The molecule has 1 unspecified atom stereocenters. The summed E-state index contributed by atoms with van der Waals surface area (Å²) in [5.74, 6) is -3.37. The Morgan fingerprint density at radius 3 is 1.68 bits per heavy atom. The van der Waals surface area contributed by atoms with Crippen molar-refractivity contribution < 1.29 is 44.3 Å². The van der Waals surface area contributed by atoms with Crippen molar-refractivity contribution in [2.45, 2.75) is 93.1 Å². The zero-order valence-electron chi connectivity index (χ0n) is 30.8. The Kier molecular flexibility index (Phi) is 27.3. The number of carbonyl (C=O) groups excluding carboxylic acids is 2. The molecule has 0 aliphatic heterocycles. The topological polar surface area (TPSA) is 158 Å². The monoisotopic (exact) mass is 692 g/mol. The molecule has 0 heterocycles. The number of aliphatic carboxylic acids is 2. The van der Waals surface area contributed by atoms with Gasteiger partial charge < -0.3 is 25.2 Å². The molecule has 50 heavy (non-hydrogen) atoms. The molecule has 0 aliphatic carbocycles. The minimum Gasteiger partial charge on any atom is -0.508 e. The summed E-state index contributed by atoms with van der Waals surface area (Å²) in [5.41, 5.74) is 6.84. The molecule has 0 saturated heterocycles. The number of carboxylic acid groups (broad SMARTS) is 2. The van der Waals surface area contributed by atoms with Crippen LogP contribution in [-0.2, 0) is 30.3 Å². The van der Waals surface area contributed by atoms with Gasteiger partial charge in [0, 0.05) is 19.4 Å². The summed E-state index contributed by atoms with van der Waals surface area (Å²) in [4.78, 5) is 40.6. The number of carbonyl (C=O) groups is 4. The molecule has 2 aromatic rings. The summed E-state index contributed by atoms with van der Waals surface area (Å²) >= 11 is 0. The molecule has 2 aromatic carbocycles. The van der Waals surface area contributed by atoms with E-state index >= 15 is 0 Å². The van der Waals surface area contributed by atoms with Crippen molar-refractivity contribution in [2.24, 2.45) is 0 Å². The van der Waals surface area contributed by atoms with E-state index in [4.69, 9.17) is 15.3 Å². The number of hydrogen-bond acceptors (Lipinski definition) is 7. The molecule has 0 aliphatic rings. The number of phenolic OH excluding ortho intramolecular Hbond substituents is 1. The number of ketones is 1. The number of esters is 1. The first-order chi connectivity index (χ1) is 23.5. The molecule has 0 spiro atoms. The summed E-state index contributed by atoms with van der Waals surface area (Å²) < 4.78 is 4.11. The van der Waals surface area contributed by atoms with E-state index in [1.807, 2.05) is 36.4 Å². The van der Waals surface area contributed by atoms with Crippen molar-refractivity contribution in [3.8, 4) is 5.75 Å². The van der Waals surface area contributed by atoms with E-state index in [9.17, 15) is 24.3 Å². The summed E-state index contributed by atoms with van der Waals surface area (Å²) in [5, 5.41) is 35.5. The fourth-order valence-corrected chi connectivity index (χ4v) is 3.69. The molecule has 1 atom stereocenters. The Morgan fingerprint density at radius 1 is 0.740 bits per heavy atom. The van der Waals surface area contributed by atoms with Gasteiger partial charge in [0.25, 0.3) is 0 Å². The second-order valence-electron chi connectivity index (χ2n) is 11.9. The summed E-state index contributed by atoms with van der Waals surface area (Å²) in [6, 6.07) is 15.1. The average molecular weight is 693 g/mol. The smallest absolute Gasteiger partial charge is 0.372 e. The molecule has 274 valence electrons. The zero-order chi connectivity index (χ0) is 38.5. The molecule has 0 amide bonds. The van der Waals surface area contributed by atoms with Crippen molar-refractivity contribution in [1.82, 2.24) is 0 Å². The van der Waals surface area contributed by atoms with Gasteiger partial charge in [-0.25, -0.2) is 9.59 Å². The number of carboxylic acids is 2. The van der Waals surface area contributed by atoms with Crippen LogP contribution in [0.3, 0.4) is 0 Å². The molecular formula is C41H56O9. The average Bonchev–Trinajstić information content (AvgIpc) is 3.05. The molecule has 0 radical (unpaired) electrons. The third kappa shape index (κ3) is 31.6. The van der Waals surface area contributed by atoms with Crippen molar-refractivity contribution in [1.29, 1.82) is 0 Å². The molecule has 0 aromatic heterocycles. The molecule has 0 fully saturated rings. The molecule has 0 saturated carbocycles. The van der Waals surface area contributed by atoms with E-state index in [1.54, 1.807) is 6.08 Å². The molecule has 9 nitrogen and oxygen atoms in total. The van der Waals surface area contributed by atoms with E-state index in [0.29, 0.717) is 5.56 Å². The summed E-state index contributed by atoms with van der Waals surface area (Å²) in [7, 11) is 1.35. The number of Topliss-reactive ketones (excluding diaryl/α,β-unsaturated/α-hetero) is 1. The third-order valence-corrected chi connectivity index (χ3v) is 6.41. The highest BCUT2D eigenvalue weighted by atomic mass is 16.5. The van der Waals surface area contributed by atoms with E-state index in [1.165, 1.54) is 60.6 Å². The molecular weight excluding hydrogens is 636 g/mol. The summed E-state index contributed by atoms with van der Waals surface area (Å²) in [6.07, 6.45) is 15.9. The van der Waals surface area contributed by atoms with Crippen LogP contribution >= 0.6 is 0 Å². The van der Waals surface area contributed by atoms with Crippen LogP contribution in [0.1, 0.15) is 91.7 Å². The first-order valence-electron chi connectivity index (χ1n) is 16.3. The van der Waals surface area contributed by atoms with E-state index in [2.05, 4.69) is 64.5 Å². The standard InChI is InChI=1S/C20H34O.C9H8O4.C9H8O2.C3H6O2/c1-16(2)9-7-11-18(5)13-14-20(21)15-19(6)12-8-10-17(3)4;10-7-3-1-6(2-4-7)5-8(11)9(12)13;10-9(11)7-6-8-4-2-1-3-5-8;1-3(4)5-2/h9-10,13,15,20-21H,7-8,11-12,14H2,1-6H3;1-4,10H,5H2,(H,12,13);1-7H,(H,10,11);1-2H3/b18-13+,19-15+;;7-6+;. The number of benzene rings is 2. The molecule has 9 heteroatoms. The molecule has 2 rings (SSSR count). The van der Waals surface area contributed by atoms with Gasteiger partial charge in [-0.3, -0.25) is 9.59 Å². The maximum Gasteiger partial charge on any atom is 0.372 e. The first kappa shape index (κ1) is 47.1. The number of aliphatic hydroxyl groups is 1. The number of aromatic hydroxyl groups is 1. The Morgan fingerprint density at radius 2 is 1.24 bits per heavy atom. The minimum absolute atomic E-state index is 0.0894. The van der Waals surface area contributed by atoms with Gasteiger partial charge in [-0.05, 0) is 103 Å². The lowest BCUT2D eigenvalue weighted by Gasteiger charge is -2.06. The van der Waals surface area contributed by atoms with Crippen molar-refractivity contribution in [3.63, 3.8) is 0 Å². The van der Waals surface area contributed by atoms with Crippen molar-refractivity contribution in [2.75, 3.05) is 7.11 Å². The van der Waals surface area contributed by atoms with Gasteiger partial charge in [0.15, 0.2) is 0 Å². The number of ether oxygens (including phenoxy) is 1. The second kappa shape index (κ2) is 28.9. The summed E-state index contributed by atoms with van der Waals surface area (Å²) in [6.45, 7) is 14.1. The Bertz CT molecular complexity index is 1440. The van der Waals surface area contributed by atoms with Crippen LogP contribution in [0, 0.1) is 0 Å².